The third-order valence-corrected chi connectivity index (χ3v) is 3.07. The number of hydrogen-bond donors (Lipinski definition) is 1. The van der Waals surface area contributed by atoms with E-state index in [1.807, 2.05) is 0 Å². The van der Waals surface area contributed by atoms with E-state index in [-0.39, 0.29) is 5.69 Å². The largest absolute Gasteiger partial charge is 0.495 e. The molecule has 0 amide bonds. The van der Waals surface area contributed by atoms with Crippen molar-refractivity contribution in [3.8, 4) is 17.2 Å². The molecule has 0 bridgehead atoms. The predicted octanol–water partition coefficient (Wildman–Crippen LogP) is 1.94. The Kier molecular flexibility index (Phi) is 3.80. The van der Waals surface area contributed by atoms with Crippen LogP contribution in [-0.4, -0.2) is 40.3 Å². The van der Waals surface area contributed by atoms with Crippen LogP contribution in [0.3, 0.4) is 0 Å². The minimum Gasteiger partial charge on any atom is -0.495 e. The Bertz CT molecular complexity index is 669. The van der Waals surface area contributed by atoms with Crippen molar-refractivity contribution in [3.63, 3.8) is 0 Å². The van der Waals surface area contributed by atoms with E-state index in [0.29, 0.717) is 27.9 Å². The van der Waals surface area contributed by atoms with Crippen molar-refractivity contribution >= 4 is 17.6 Å². The first-order chi connectivity index (χ1) is 9.49. The van der Waals surface area contributed by atoms with Gasteiger partial charge in [0.2, 0.25) is 0 Å². The summed E-state index contributed by atoms with van der Waals surface area (Å²) >= 11 is 6.02. The van der Waals surface area contributed by atoms with Crippen molar-refractivity contribution in [1.29, 1.82) is 0 Å². The van der Waals surface area contributed by atoms with Crippen LogP contribution in [0.25, 0.3) is 5.69 Å². The number of aromatic carboxylic acids is 1. The van der Waals surface area contributed by atoms with Crippen molar-refractivity contribution in [2.75, 3.05) is 14.2 Å². The van der Waals surface area contributed by atoms with Crippen LogP contribution in [0.15, 0.2) is 12.1 Å². The lowest BCUT2D eigenvalue weighted by molar-refractivity contribution is 0.0689. The maximum Gasteiger partial charge on any atom is 0.358 e. The Labute approximate surface area is 119 Å². The first-order valence-electron chi connectivity index (χ1n) is 5.57. The smallest absolute Gasteiger partial charge is 0.358 e. The molecular weight excluding hydrogens is 286 g/mol. The van der Waals surface area contributed by atoms with Crippen LogP contribution in [0, 0.1) is 6.92 Å². The number of benzene rings is 1. The molecule has 1 N–H and O–H groups in total. The summed E-state index contributed by atoms with van der Waals surface area (Å²) < 4.78 is 11.7. The molecule has 0 aliphatic rings. The third kappa shape index (κ3) is 2.27. The Hall–Kier alpha value is -2.28. The normalized spacial score (nSPS) is 10.4. The second-order valence-corrected chi connectivity index (χ2v) is 4.31. The zero-order chi connectivity index (χ0) is 14.9. The molecule has 0 radical (unpaired) electrons. The summed E-state index contributed by atoms with van der Waals surface area (Å²) in [5.41, 5.74) is 0.743. The molecule has 106 valence electrons. The molecule has 1 heterocycles. The fraction of sp³-hybridized carbons (Fsp3) is 0.250. The first kappa shape index (κ1) is 14.1. The molecule has 2 aromatic rings. The van der Waals surface area contributed by atoms with Crippen molar-refractivity contribution in [1.82, 2.24) is 15.0 Å². The van der Waals surface area contributed by atoms with Crippen molar-refractivity contribution < 1.29 is 19.4 Å². The van der Waals surface area contributed by atoms with Crippen molar-refractivity contribution in [3.05, 3.63) is 28.5 Å². The summed E-state index contributed by atoms with van der Waals surface area (Å²) in [6.07, 6.45) is 0. The van der Waals surface area contributed by atoms with E-state index in [9.17, 15) is 4.79 Å². The zero-order valence-electron chi connectivity index (χ0n) is 11.0. The maximum atomic E-state index is 11.0. The highest BCUT2D eigenvalue weighted by Gasteiger charge is 2.19. The minimum absolute atomic E-state index is 0.124. The highest BCUT2D eigenvalue weighted by molar-refractivity contribution is 6.32. The van der Waals surface area contributed by atoms with Gasteiger partial charge >= 0.3 is 5.97 Å². The van der Waals surface area contributed by atoms with Gasteiger partial charge in [0.05, 0.1) is 24.9 Å². The lowest BCUT2D eigenvalue weighted by Gasteiger charge is -2.12. The Balaban J connectivity index is 2.65. The summed E-state index contributed by atoms with van der Waals surface area (Å²) in [5.74, 6) is -0.288. The first-order valence-corrected chi connectivity index (χ1v) is 5.94. The predicted molar refractivity (Wildman–Crippen MR) is 71.2 cm³/mol. The van der Waals surface area contributed by atoms with E-state index in [0.717, 1.165) is 0 Å². The summed E-state index contributed by atoms with van der Waals surface area (Å²) in [4.78, 5) is 11.0. The molecular formula is C12H12ClN3O4. The molecule has 2 rings (SSSR count). The number of nitrogens with zero attached hydrogens (tertiary/aromatic N) is 3. The molecule has 7 nitrogen and oxygen atoms in total. The van der Waals surface area contributed by atoms with Crippen LogP contribution < -0.4 is 9.47 Å². The summed E-state index contributed by atoms with van der Waals surface area (Å²) in [5, 5.41) is 16.8. The fourth-order valence-corrected chi connectivity index (χ4v) is 2.00. The number of carboxylic acid groups (broad SMARTS) is 1. The quantitative estimate of drug-likeness (QED) is 0.928. The van der Waals surface area contributed by atoms with Gasteiger partial charge in [0.1, 0.15) is 17.2 Å². The molecule has 1 aromatic carbocycles. The van der Waals surface area contributed by atoms with E-state index >= 15 is 0 Å². The molecule has 8 heteroatoms. The molecule has 1 aromatic heterocycles. The van der Waals surface area contributed by atoms with Gasteiger partial charge in [0, 0.05) is 12.1 Å². The lowest BCUT2D eigenvalue weighted by Crippen LogP contribution is -2.05. The zero-order valence-corrected chi connectivity index (χ0v) is 11.8. The van der Waals surface area contributed by atoms with Crippen molar-refractivity contribution in [2.24, 2.45) is 0 Å². The second-order valence-electron chi connectivity index (χ2n) is 3.90. The van der Waals surface area contributed by atoms with Crippen LogP contribution in [-0.2, 0) is 0 Å². The number of hydrogen-bond acceptors (Lipinski definition) is 5. The topological polar surface area (TPSA) is 86.5 Å². The number of halogens is 1. The fourth-order valence-electron chi connectivity index (χ4n) is 1.77. The number of carboxylic acids is 1. The van der Waals surface area contributed by atoms with Gasteiger partial charge in [-0.25, -0.2) is 9.48 Å². The van der Waals surface area contributed by atoms with Gasteiger partial charge in [-0.2, -0.15) is 0 Å². The molecule has 0 spiro atoms. The van der Waals surface area contributed by atoms with Gasteiger partial charge in [-0.15, -0.1) is 5.10 Å². The molecule has 0 atom stereocenters. The second kappa shape index (κ2) is 5.38. The molecule has 0 saturated carbocycles. The minimum atomic E-state index is -1.14. The highest BCUT2D eigenvalue weighted by atomic mass is 35.5. The number of carbonyl (C=O) groups is 1. The molecule has 0 fully saturated rings. The van der Waals surface area contributed by atoms with E-state index < -0.39 is 5.97 Å². The lowest BCUT2D eigenvalue weighted by atomic mass is 10.2. The van der Waals surface area contributed by atoms with Gasteiger partial charge in [-0.1, -0.05) is 16.8 Å². The molecule has 0 unspecified atom stereocenters. The average molecular weight is 298 g/mol. The van der Waals surface area contributed by atoms with Gasteiger partial charge in [-0.3, -0.25) is 0 Å². The summed E-state index contributed by atoms with van der Waals surface area (Å²) in [6, 6.07) is 3.17. The van der Waals surface area contributed by atoms with Crippen molar-refractivity contribution in [2.45, 2.75) is 6.92 Å². The maximum absolute atomic E-state index is 11.0. The van der Waals surface area contributed by atoms with E-state index in [4.69, 9.17) is 26.2 Å². The van der Waals surface area contributed by atoms with Gasteiger partial charge in [0.25, 0.3) is 0 Å². The van der Waals surface area contributed by atoms with Gasteiger partial charge in [-0.05, 0) is 6.92 Å². The van der Waals surface area contributed by atoms with Crippen LogP contribution >= 0.6 is 11.6 Å². The van der Waals surface area contributed by atoms with E-state index in [2.05, 4.69) is 10.3 Å². The molecule has 20 heavy (non-hydrogen) atoms. The number of ether oxygens (including phenoxy) is 2. The molecule has 0 aliphatic heterocycles. The number of aromatic nitrogens is 3. The highest BCUT2D eigenvalue weighted by Crippen LogP contribution is 2.34. The van der Waals surface area contributed by atoms with Gasteiger partial charge in [0.15, 0.2) is 5.69 Å². The monoisotopic (exact) mass is 297 g/mol. The van der Waals surface area contributed by atoms with Crippen LogP contribution in [0.2, 0.25) is 5.02 Å². The summed E-state index contributed by atoms with van der Waals surface area (Å²) in [6.45, 7) is 1.60. The SMILES string of the molecule is COc1cc(-n2nnc(C(=O)O)c2C)c(OC)cc1Cl. The van der Waals surface area contributed by atoms with Crippen LogP contribution in [0.5, 0.6) is 11.5 Å². The number of methoxy groups -OCH3 is 2. The van der Waals surface area contributed by atoms with Crippen LogP contribution in [0.1, 0.15) is 16.2 Å². The Morgan fingerprint density at radius 3 is 2.45 bits per heavy atom. The standard InChI is InChI=1S/C12H12ClN3O4/c1-6-11(12(17)18)14-15-16(6)8-5-9(19-2)7(13)4-10(8)20-3/h4-5H,1-3H3,(H,17,18). The third-order valence-electron chi connectivity index (χ3n) is 2.78. The van der Waals surface area contributed by atoms with Crippen LogP contribution in [0.4, 0.5) is 0 Å². The number of rotatable bonds is 4. The molecule has 0 aliphatic carbocycles. The Morgan fingerprint density at radius 2 is 1.95 bits per heavy atom. The summed E-state index contributed by atoms with van der Waals surface area (Å²) in [7, 11) is 2.96. The van der Waals surface area contributed by atoms with Gasteiger partial charge < -0.3 is 14.6 Å². The van der Waals surface area contributed by atoms with E-state index in [1.54, 1.807) is 19.1 Å². The Morgan fingerprint density at radius 1 is 1.30 bits per heavy atom. The average Bonchev–Trinajstić information content (AvgIpc) is 2.80. The van der Waals surface area contributed by atoms with E-state index in [1.165, 1.54) is 18.9 Å². The molecule has 0 saturated heterocycles.